The van der Waals surface area contributed by atoms with E-state index >= 15 is 0 Å². The number of hydrogen-bond acceptors (Lipinski definition) is 6. The summed E-state index contributed by atoms with van der Waals surface area (Å²) in [5.74, 6) is -2.92. The third-order valence-corrected chi connectivity index (χ3v) is 12.0. The number of hydrogen-bond donors (Lipinski definition) is 1. The largest absolute Gasteiger partial charge is 0.491 e. The average molecular weight is 705 g/mol. The number of urea groups is 1. The third-order valence-electron chi connectivity index (χ3n) is 9.78. The van der Waals surface area contributed by atoms with Crippen molar-refractivity contribution < 1.29 is 32.1 Å². The predicted molar refractivity (Wildman–Crippen MR) is 182 cm³/mol. The molecule has 2 fully saturated rings. The van der Waals surface area contributed by atoms with Crippen LogP contribution in [-0.2, 0) is 27.6 Å². The van der Waals surface area contributed by atoms with Crippen LogP contribution in [0.25, 0.3) is 0 Å². The van der Waals surface area contributed by atoms with Gasteiger partial charge < -0.3 is 19.3 Å². The summed E-state index contributed by atoms with van der Waals surface area (Å²) in [6, 6.07) is 10.1. The molecule has 1 saturated heterocycles. The summed E-state index contributed by atoms with van der Waals surface area (Å²) in [6.45, 7) is 2.03. The molecular formula is C35H43ClF2N4O5S. The first-order chi connectivity index (χ1) is 22.9. The Morgan fingerprint density at radius 1 is 1.15 bits per heavy atom. The van der Waals surface area contributed by atoms with Gasteiger partial charge in [-0.1, -0.05) is 36.7 Å². The van der Waals surface area contributed by atoms with Gasteiger partial charge in [0.15, 0.2) is 0 Å². The lowest BCUT2D eigenvalue weighted by Gasteiger charge is -2.43. The fourth-order valence-corrected chi connectivity index (χ4v) is 9.11. The van der Waals surface area contributed by atoms with E-state index in [-0.39, 0.29) is 29.3 Å². The highest BCUT2D eigenvalue weighted by atomic mass is 35.5. The van der Waals surface area contributed by atoms with Crippen molar-refractivity contribution in [3.05, 3.63) is 70.3 Å². The molecule has 13 heteroatoms. The summed E-state index contributed by atoms with van der Waals surface area (Å²) in [5.41, 5.74) is 3.21. The monoisotopic (exact) mass is 704 g/mol. The van der Waals surface area contributed by atoms with Crippen molar-refractivity contribution in [3.8, 4) is 5.75 Å². The number of methoxy groups -OCH3 is 1. The molecule has 2 aromatic rings. The summed E-state index contributed by atoms with van der Waals surface area (Å²) >= 11 is 6.42. The van der Waals surface area contributed by atoms with Crippen molar-refractivity contribution in [2.24, 2.45) is 22.1 Å². The van der Waals surface area contributed by atoms with Gasteiger partial charge in [-0.3, -0.25) is 9.52 Å². The molecule has 6 rings (SSSR count). The summed E-state index contributed by atoms with van der Waals surface area (Å²) in [5, 5.41) is 0.685. The zero-order valence-electron chi connectivity index (χ0n) is 27.3. The summed E-state index contributed by atoms with van der Waals surface area (Å²) in [6.07, 6.45) is 9.08. The van der Waals surface area contributed by atoms with E-state index in [0.717, 1.165) is 42.6 Å². The second kappa shape index (κ2) is 14.3. The molecule has 4 aliphatic rings. The Balaban J connectivity index is 1.43. The Morgan fingerprint density at radius 2 is 1.96 bits per heavy atom. The molecule has 9 nitrogen and oxygen atoms in total. The maximum atomic E-state index is 14.2. The second-order valence-corrected chi connectivity index (χ2v) is 16.0. The third kappa shape index (κ3) is 7.97. The number of carbonyl (C=O) groups is 2. The van der Waals surface area contributed by atoms with Gasteiger partial charge in [0, 0.05) is 30.8 Å². The minimum absolute atomic E-state index is 0.121. The van der Waals surface area contributed by atoms with Crippen LogP contribution >= 0.6 is 11.6 Å². The highest BCUT2D eigenvalue weighted by Gasteiger charge is 2.47. The number of nitrogens with zero attached hydrogens (tertiary/aromatic N) is 3. The minimum atomic E-state index is -3.69. The van der Waals surface area contributed by atoms with E-state index in [1.807, 2.05) is 31.2 Å². The van der Waals surface area contributed by atoms with E-state index < -0.39 is 40.9 Å². The molecule has 0 aromatic heterocycles. The number of fused-ring (bicyclic) bond motifs is 3. The zero-order valence-corrected chi connectivity index (χ0v) is 28.9. The van der Waals surface area contributed by atoms with Crippen LogP contribution in [0.5, 0.6) is 5.75 Å². The van der Waals surface area contributed by atoms with Crippen molar-refractivity contribution in [3.63, 3.8) is 0 Å². The fourth-order valence-electron chi connectivity index (χ4n) is 7.03. The molecular weight excluding hydrogens is 662 g/mol. The molecule has 2 bridgehead atoms. The van der Waals surface area contributed by atoms with Crippen LogP contribution in [0.15, 0.2) is 52.9 Å². The van der Waals surface area contributed by atoms with Gasteiger partial charge in [0.1, 0.15) is 15.7 Å². The molecule has 3 amide bonds. The topological polar surface area (TPSA) is 101 Å². The number of rotatable bonds is 2. The first kappa shape index (κ1) is 34.6. The number of halogens is 3. The van der Waals surface area contributed by atoms with E-state index in [0.29, 0.717) is 48.5 Å². The molecule has 1 saturated carbocycles. The van der Waals surface area contributed by atoms with Crippen LogP contribution in [0.1, 0.15) is 60.5 Å². The SMILES string of the molecule is CO[C@H]1/C=C/C[C@H](C)CS(=O)(NC(=O)N2CC(F)(F)C2)=NC(=O)c2ccc3c(c2)N(Cc2ccc(Cl)cc2CCCCO3)C[C@@H]2CC[C@H]21. The summed E-state index contributed by atoms with van der Waals surface area (Å²) < 4.78 is 60.0. The number of allylic oxidation sites excluding steroid dienone is 1. The van der Waals surface area contributed by atoms with Gasteiger partial charge >= 0.3 is 6.03 Å². The van der Waals surface area contributed by atoms with Gasteiger partial charge in [-0.25, -0.2) is 17.8 Å². The van der Waals surface area contributed by atoms with Crippen LogP contribution in [0.4, 0.5) is 19.3 Å². The highest BCUT2D eigenvalue weighted by molar-refractivity contribution is 7.92. The van der Waals surface area contributed by atoms with E-state index in [1.54, 1.807) is 25.3 Å². The molecule has 260 valence electrons. The van der Waals surface area contributed by atoms with Crippen LogP contribution in [-0.4, -0.2) is 72.2 Å². The number of amides is 3. The molecule has 1 aliphatic carbocycles. The van der Waals surface area contributed by atoms with Gasteiger partial charge in [0.05, 0.1) is 37.2 Å². The molecule has 0 radical (unpaired) electrons. The fraction of sp³-hybridized carbons (Fsp3) is 0.543. The van der Waals surface area contributed by atoms with Crippen LogP contribution in [0.3, 0.4) is 0 Å². The minimum Gasteiger partial charge on any atom is -0.491 e. The Hall–Kier alpha value is -3.22. The number of anilines is 1. The lowest BCUT2D eigenvalue weighted by atomic mass is 9.70. The maximum absolute atomic E-state index is 14.2. The summed E-state index contributed by atoms with van der Waals surface area (Å²) in [7, 11) is -1.98. The number of carbonyl (C=O) groups excluding carboxylic acids is 2. The summed E-state index contributed by atoms with van der Waals surface area (Å²) in [4.78, 5) is 29.8. The quantitative estimate of drug-likeness (QED) is 0.342. The number of alkyl halides is 2. The van der Waals surface area contributed by atoms with Crippen molar-refractivity contribution in [1.82, 2.24) is 9.62 Å². The van der Waals surface area contributed by atoms with Gasteiger partial charge in [-0.05, 0) is 97.7 Å². The van der Waals surface area contributed by atoms with Crippen molar-refractivity contribution in [2.45, 2.75) is 64.0 Å². The molecule has 2 aromatic carbocycles. The van der Waals surface area contributed by atoms with Gasteiger partial charge in [0.25, 0.3) is 11.8 Å². The molecule has 1 unspecified atom stereocenters. The van der Waals surface area contributed by atoms with Crippen molar-refractivity contribution >= 4 is 39.1 Å². The normalized spacial score (nSPS) is 29.7. The van der Waals surface area contributed by atoms with Crippen LogP contribution in [0, 0.1) is 17.8 Å². The number of ether oxygens (including phenoxy) is 2. The molecule has 3 heterocycles. The Bertz CT molecular complexity index is 1690. The lowest BCUT2D eigenvalue weighted by Crippen LogP contribution is -2.61. The van der Waals surface area contributed by atoms with Crippen LogP contribution < -0.4 is 14.4 Å². The first-order valence-corrected chi connectivity index (χ1v) is 18.7. The molecule has 0 spiro atoms. The molecule has 3 aliphatic heterocycles. The first-order valence-electron chi connectivity index (χ1n) is 16.6. The van der Waals surface area contributed by atoms with Crippen molar-refractivity contribution in [2.75, 3.05) is 44.0 Å². The number of nitrogens with one attached hydrogen (secondary N) is 1. The van der Waals surface area contributed by atoms with Gasteiger partial charge in [-0.2, -0.15) is 0 Å². The standard InChI is InChI=1S/C35H43ClF2N4O5S/c1-23-6-5-8-31(46-2)29-13-10-27(29)19-41-18-26-9-12-28(36)16-24(26)7-3-4-15-47-32-14-11-25(17-30(32)41)33(43)39-48(45,20-23)40-34(44)42-21-35(37,38)22-42/h5,8-9,11-12,14,16-17,23,27,29,31H,3-4,6-7,10,13,15,18-22H2,1-2H3,(H,39,40,43,44,45)/b8-5+/t23-,27-,29+,31-,48?/m0/s1. The van der Waals surface area contributed by atoms with Gasteiger partial charge in [0.2, 0.25) is 0 Å². The lowest BCUT2D eigenvalue weighted by molar-refractivity contribution is -0.109. The molecule has 48 heavy (non-hydrogen) atoms. The van der Waals surface area contributed by atoms with E-state index in [2.05, 4.69) is 20.1 Å². The highest BCUT2D eigenvalue weighted by Crippen LogP contribution is 2.42. The van der Waals surface area contributed by atoms with Gasteiger partial charge in [-0.15, -0.1) is 4.36 Å². The van der Waals surface area contributed by atoms with E-state index in [4.69, 9.17) is 21.1 Å². The smallest absolute Gasteiger partial charge is 0.330 e. The van der Waals surface area contributed by atoms with Crippen LogP contribution in [0.2, 0.25) is 5.02 Å². The Labute approximate surface area is 286 Å². The average Bonchev–Trinajstić information content (AvgIpc) is 3.03. The Morgan fingerprint density at radius 3 is 2.69 bits per heavy atom. The molecule has 5 atom stereocenters. The predicted octanol–water partition coefficient (Wildman–Crippen LogP) is 6.88. The Kier molecular flexibility index (Phi) is 10.3. The zero-order chi connectivity index (χ0) is 34.1. The maximum Gasteiger partial charge on any atom is 0.330 e. The number of benzene rings is 2. The molecule has 1 N–H and O–H groups in total. The number of aryl methyl sites for hydroxylation is 1. The number of likely N-dealkylation sites (tertiary alicyclic amines) is 1. The van der Waals surface area contributed by atoms with Crippen molar-refractivity contribution in [1.29, 1.82) is 0 Å². The van der Waals surface area contributed by atoms with E-state index in [9.17, 15) is 22.6 Å². The van der Waals surface area contributed by atoms with E-state index in [1.165, 1.54) is 5.56 Å². The second-order valence-electron chi connectivity index (χ2n) is 13.6.